The van der Waals surface area contributed by atoms with Gasteiger partial charge in [0.2, 0.25) is 0 Å². The molecule has 0 spiro atoms. The Morgan fingerprint density at radius 3 is 2.55 bits per heavy atom. The van der Waals surface area contributed by atoms with Gasteiger partial charge in [0.25, 0.3) is 0 Å². The number of hydrogen-bond donors (Lipinski definition) is 1. The predicted molar refractivity (Wildman–Crippen MR) is 105 cm³/mol. The first-order chi connectivity index (χ1) is 10.5. The number of hydrogen-bond acceptors (Lipinski definition) is 2. The van der Waals surface area contributed by atoms with Crippen LogP contribution in [0.25, 0.3) is 0 Å². The van der Waals surface area contributed by atoms with E-state index in [1.165, 1.54) is 16.0 Å². The number of aryl methyl sites for hydroxylation is 2. The smallest absolute Gasteiger partial charge is 0.174 e. The summed E-state index contributed by atoms with van der Waals surface area (Å²) in [6.07, 6.45) is 1.87. The van der Waals surface area contributed by atoms with E-state index in [2.05, 4.69) is 76.9 Å². The molecule has 0 atom stereocenters. The molecule has 0 amide bonds. The van der Waals surface area contributed by atoms with Gasteiger partial charge in [-0.2, -0.15) is 0 Å². The first-order valence-electron chi connectivity index (χ1n) is 6.97. The zero-order valence-electron chi connectivity index (χ0n) is 12.7. The molecule has 5 heteroatoms. The fourth-order valence-electron chi connectivity index (χ4n) is 2.25. The predicted octanol–water partition coefficient (Wildman–Crippen LogP) is 5.51. The number of halogens is 1. The molecular weight excluding hydrogens is 376 g/mol. The summed E-state index contributed by atoms with van der Waals surface area (Å²) >= 11 is 10.8. The van der Waals surface area contributed by atoms with Crippen molar-refractivity contribution in [3.8, 4) is 0 Å². The summed E-state index contributed by atoms with van der Waals surface area (Å²) in [5, 5.41) is 4.06. The number of rotatable bonds is 5. The standard InChI is InChI=1S/C17H19BrN2S2/c1-4-7-20(11-15-5-6-16(18)22-15)17(21)19-14-9-12(2)8-13(3)10-14/h4-6,8-10H,1,7,11H2,2-3H3,(H,19,21). The molecule has 0 aliphatic rings. The van der Waals surface area contributed by atoms with Gasteiger partial charge in [-0.1, -0.05) is 12.1 Å². The Bertz CT molecular complexity index is 659. The minimum Gasteiger partial charge on any atom is -0.340 e. The Hall–Kier alpha value is -1.17. The van der Waals surface area contributed by atoms with Crippen molar-refractivity contribution < 1.29 is 0 Å². The summed E-state index contributed by atoms with van der Waals surface area (Å²) in [4.78, 5) is 3.37. The van der Waals surface area contributed by atoms with Gasteiger partial charge in [-0.05, 0) is 77.4 Å². The van der Waals surface area contributed by atoms with Gasteiger partial charge in [0, 0.05) is 17.1 Å². The third-order valence-corrected chi connectivity index (χ3v) is 5.05. The van der Waals surface area contributed by atoms with Crippen LogP contribution in [-0.2, 0) is 6.54 Å². The lowest BCUT2D eigenvalue weighted by atomic mass is 10.1. The Morgan fingerprint density at radius 1 is 1.32 bits per heavy atom. The van der Waals surface area contributed by atoms with Crippen molar-refractivity contribution >= 4 is 50.3 Å². The average Bonchev–Trinajstić information content (AvgIpc) is 2.82. The highest BCUT2D eigenvalue weighted by atomic mass is 79.9. The van der Waals surface area contributed by atoms with Crippen LogP contribution in [0.3, 0.4) is 0 Å². The molecule has 1 aromatic carbocycles. The molecule has 0 bridgehead atoms. The van der Waals surface area contributed by atoms with Crippen LogP contribution in [0.5, 0.6) is 0 Å². The van der Waals surface area contributed by atoms with Gasteiger partial charge in [-0.15, -0.1) is 17.9 Å². The highest BCUT2D eigenvalue weighted by Gasteiger charge is 2.11. The van der Waals surface area contributed by atoms with Crippen molar-refractivity contribution in [3.05, 3.63) is 62.8 Å². The van der Waals surface area contributed by atoms with Crippen molar-refractivity contribution in [2.45, 2.75) is 20.4 Å². The van der Waals surface area contributed by atoms with Gasteiger partial charge >= 0.3 is 0 Å². The van der Waals surface area contributed by atoms with Gasteiger partial charge in [0.1, 0.15) is 0 Å². The van der Waals surface area contributed by atoms with Gasteiger partial charge < -0.3 is 10.2 Å². The lowest BCUT2D eigenvalue weighted by Crippen LogP contribution is -2.34. The molecule has 0 radical (unpaired) electrons. The SMILES string of the molecule is C=CCN(Cc1ccc(Br)s1)C(=S)Nc1cc(C)cc(C)c1. The molecule has 0 aliphatic carbocycles. The second-order valence-electron chi connectivity index (χ2n) is 5.18. The van der Waals surface area contributed by atoms with Gasteiger partial charge in [-0.3, -0.25) is 0 Å². The summed E-state index contributed by atoms with van der Waals surface area (Å²) in [6, 6.07) is 10.5. The van der Waals surface area contributed by atoms with E-state index in [1.54, 1.807) is 11.3 Å². The maximum Gasteiger partial charge on any atom is 0.174 e. The number of anilines is 1. The van der Waals surface area contributed by atoms with Crippen LogP contribution in [0, 0.1) is 13.8 Å². The van der Waals surface area contributed by atoms with Crippen LogP contribution in [0.4, 0.5) is 5.69 Å². The van der Waals surface area contributed by atoms with Crippen molar-refractivity contribution in [2.75, 3.05) is 11.9 Å². The van der Waals surface area contributed by atoms with E-state index in [0.29, 0.717) is 6.54 Å². The molecule has 0 fully saturated rings. The van der Waals surface area contributed by atoms with Crippen LogP contribution in [-0.4, -0.2) is 16.6 Å². The summed E-state index contributed by atoms with van der Waals surface area (Å²) in [7, 11) is 0. The normalized spacial score (nSPS) is 10.3. The number of thiophene rings is 1. The monoisotopic (exact) mass is 394 g/mol. The number of thiocarbonyl (C=S) groups is 1. The van der Waals surface area contributed by atoms with Crippen molar-refractivity contribution in [2.24, 2.45) is 0 Å². The summed E-state index contributed by atoms with van der Waals surface area (Å²) < 4.78 is 1.13. The molecule has 0 saturated heterocycles. The van der Waals surface area contributed by atoms with Crippen LogP contribution < -0.4 is 5.32 Å². The van der Waals surface area contributed by atoms with Crippen molar-refractivity contribution in [1.29, 1.82) is 0 Å². The minimum absolute atomic E-state index is 0.714. The Kier molecular flexibility index (Phi) is 6.17. The Balaban J connectivity index is 2.10. The summed E-state index contributed by atoms with van der Waals surface area (Å²) in [5.74, 6) is 0. The number of benzene rings is 1. The first kappa shape index (κ1) is 17.2. The fourth-order valence-corrected chi connectivity index (χ4v) is 4.01. The lowest BCUT2D eigenvalue weighted by molar-refractivity contribution is 0.468. The molecule has 1 aromatic heterocycles. The van der Waals surface area contributed by atoms with Gasteiger partial charge in [-0.25, -0.2) is 0 Å². The zero-order valence-corrected chi connectivity index (χ0v) is 15.9. The van der Waals surface area contributed by atoms with E-state index < -0.39 is 0 Å². The van der Waals surface area contributed by atoms with Crippen LogP contribution >= 0.6 is 39.5 Å². The quantitative estimate of drug-likeness (QED) is 0.531. The number of nitrogens with one attached hydrogen (secondary N) is 1. The Labute approximate surface area is 150 Å². The van der Waals surface area contributed by atoms with E-state index in [1.807, 2.05) is 6.08 Å². The summed E-state index contributed by atoms with van der Waals surface area (Å²) in [6.45, 7) is 9.50. The Morgan fingerprint density at radius 2 is 2.00 bits per heavy atom. The van der Waals surface area contributed by atoms with Crippen LogP contribution in [0.2, 0.25) is 0 Å². The van der Waals surface area contributed by atoms with Gasteiger partial charge in [0.15, 0.2) is 5.11 Å². The molecular formula is C17H19BrN2S2. The first-order valence-corrected chi connectivity index (χ1v) is 8.99. The highest BCUT2D eigenvalue weighted by Crippen LogP contribution is 2.23. The molecule has 116 valence electrons. The number of nitrogens with zero attached hydrogens (tertiary/aromatic N) is 1. The second kappa shape index (κ2) is 7.90. The lowest BCUT2D eigenvalue weighted by Gasteiger charge is -2.24. The largest absolute Gasteiger partial charge is 0.340 e. The minimum atomic E-state index is 0.714. The molecule has 2 nitrogen and oxygen atoms in total. The molecule has 1 N–H and O–H groups in total. The molecule has 0 unspecified atom stereocenters. The molecule has 22 heavy (non-hydrogen) atoms. The van der Waals surface area contributed by atoms with Crippen molar-refractivity contribution in [1.82, 2.24) is 4.90 Å². The maximum absolute atomic E-state index is 5.58. The van der Waals surface area contributed by atoms with Crippen LogP contribution in [0.15, 0.2) is 46.8 Å². The highest BCUT2D eigenvalue weighted by molar-refractivity contribution is 9.11. The van der Waals surface area contributed by atoms with E-state index in [-0.39, 0.29) is 0 Å². The van der Waals surface area contributed by atoms with Crippen LogP contribution in [0.1, 0.15) is 16.0 Å². The second-order valence-corrected chi connectivity index (χ2v) is 8.12. The average molecular weight is 395 g/mol. The van der Waals surface area contributed by atoms with E-state index in [0.717, 1.165) is 21.1 Å². The van der Waals surface area contributed by atoms with E-state index >= 15 is 0 Å². The molecule has 2 aromatic rings. The maximum atomic E-state index is 5.58. The zero-order chi connectivity index (χ0) is 16.1. The van der Waals surface area contributed by atoms with E-state index in [9.17, 15) is 0 Å². The topological polar surface area (TPSA) is 15.3 Å². The van der Waals surface area contributed by atoms with Crippen molar-refractivity contribution in [3.63, 3.8) is 0 Å². The molecule has 2 rings (SSSR count). The summed E-state index contributed by atoms with van der Waals surface area (Å²) in [5.41, 5.74) is 3.48. The third-order valence-electron chi connectivity index (χ3n) is 3.09. The fraction of sp³-hybridized carbons (Fsp3) is 0.235. The molecule has 1 heterocycles. The van der Waals surface area contributed by atoms with Gasteiger partial charge in [0.05, 0.1) is 10.3 Å². The molecule has 0 saturated carbocycles. The third kappa shape index (κ3) is 4.93. The van der Waals surface area contributed by atoms with E-state index in [4.69, 9.17) is 12.2 Å². The molecule has 0 aliphatic heterocycles.